The first-order valence-electron chi connectivity index (χ1n) is 5.01. The molecule has 0 radical (unpaired) electrons. The fourth-order valence-corrected chi connectivity index (χ4v) is 3.37. The first-order valence-corrected chi connectivity index (χ1v) is 7.53. The molecule has 0 amide bonds. The highest BCUT2D eigenvalue weighted by atomic mass is 79.9. The van der Waals surface area contributed by atoms with Crippen molar-refractivity contribution >= 4 is 26.0 Å². The van der Waals surface area contributed by atoms with Gasteiger partial charge in [0, 0.05) is 20.7 Å². The van der Waals surface area contributed by atoms with E-state index in [4.69, 9.17) is 4.74 Å². The normalized spacial score (nSPS) is 14.5. The molecule has 0 rings (SSSR count). The van der Waals surface area contributed by atoms with Crippen LogP contribution in [0, 0.1) is 0 Å². The molecule has 1 unspecified atom stereocenters. The largest absolute Gasteiger partial charge is 0.383 e. The standard InChI is InChI=1S/C9H20BrNO3S/c1-4-5-6-15(12,13)11(2)7-9(10)8-14-3/h9H,4-8H2,1-3H3. The average Bonchev–Trinajstić information content (AvgIpc) is 2.15. The molecule has 92 valence electrons. The molecule has 0 fully saturated rings. The van der Waals surface area contributed by atoms with E-state index in [1.54, 1.807) is 14.2 Å². The van der Waals surface area contributed by atoms with Gasteiger partial charge in [-0.2, -0.15) is 0 Å². The molecule has 0 saturated carbocycles. The van der Waals surface area contributed by atoms with Crippen LogP contribution in [0.4, 0.5) is 0 Å². The van der Waals surface area contributed by atoms with Gasteiger partial charge in [0.15, 0.2) is 0 Å². The van der Waals surface area contributed by atoms with E-state index in [9.17, 15) is 8.42 Å². The number of rotatable bonds is 8. The second-order valence-electron chi connectivity index (χ2n) is 3.50. The lowest BCUT2D eigenvalue weighted by Gasteiger charge is -2.19. The van der Waals surface area contributed by atoms with E-state index in [0.29, 0.717) is 19.6 Å². The predicted octanol–water partition coefficient (Wildman–Crippen LogP) is 1.46. The Hall–Kier alpha value is 0.350. The summed E-state index contributed by atoms with van der Waals surface area (Å²) in [5, 5.41) is 0. The molecule has 0 aliphatic carbocycles. The molecule has 0 saturated heterocycles. The maximum absolute atomic E-state index is 11.7. The van der Waals surface area contributed by atoms with E-state index in [2.05, 4.69) is 15.9 Å². The molecule has 0 bridgehead atoms. The van der Waals surface area contributed by atoms with Crippen molar-refractivity contribution in [2.24, 2.45) is 0 Å². The number of sulfonamides is 1. The molecular formula is C9H20BrNO3S. The lowest BCUT2D eigenvalue weighted by atomic mass is 10.4. The minimum absolute atomic E-state index is 0.0453. The Kier molecular flexibility index (Phi) is 7.77. The number of hydrogen-bond acceptors (Lipinski definition) is 3. The van der Waals surface area contributed by atoms with Crippen LogP contribution in [0.25, 0.3) is 0 Å². The molecule has 6 heteroatoms. The fraction of sp³-hybridized carbons (Fsp3) is 1.00. The second kappa shape index (κ2) is 7.60. The zero-order valence-corrected chi connectivity index (χ0v) is 12.0. The molecule has 15 heavy (non-hydrogen) atoms. The minimum Gasteiger partial charge on any atom is -0.383 e. The zero-order chi connectivity index (χ0) is 11.9. The summed E-state index contributed by atoms with van der Waals surface area (Å²) in [5.74, 6) is 0.229. The topological polar surface area (TPSA) is 46.6 Å². The van der Waals surface area contributed by atoms with Gasteiger partial charge in [0.2, 0.25) is 10.0 Å². The summed E-state index contributed by atoms with van der Waals surface area (Å²) in [7, 11) is 0.115. The molecule has 4 nitrogen and oxygen atoms in total. The van der Waals surface area contributed by atoms with Crippen LogP contribution in [0.15, 0.2) is 0 Å². The molecule has 0 aromatic rings. The third kappa shape index (κ3) is 6.50. The van der Waals surface area contributed by atoms with E-state index < -0.39 is 10.0 Å². The third-order valence-electron chi connectivity index (χ3n) is 2.03. The monoisotopic (exact) mass is 301 g/mol. The molecule has 0 spiro atoms. The minimum atomic E-state index is -3.09. The van der Waals surface area contributed by atoms with Gasteiger partial charge >= 0.3 is 0 Å². The van der Waals surface area contributed by atoms with Crippen LogP contribution in [0.3, 0.4) is 0 Å². The van der Waals surface area contributed by atoms with Crippen molar-refractivity contribution in [3.63, 3.8) is 0 Å². The number of unbranched alkanes of at least 4 members (excludes halogenated alkanes) is 1. The summed E-state index contributed by atoms with van der Waals surface area (Å²) in [6, 6.07) is 0. The van der Waals surface area contributed by atoms with Crippen LogP contribution < -0.4 is 0 Å². The van der Waals surface area contributed by atoms with Crippen molar-refractivity contribution in [2.75, 3.05) is 33.1 Å². The van der Waals surface area contributed by atoms with Crippen LogP contribution in [-0.2, 0) is 14.8 Å². The third-order valence-corrected chi connectivity index (χ3v) is 4.49. The Morgan fingerprint density at radius 1 is 1.47 bits per heavy atom. The summed E-state index contributed by atoms with van der Waals surface area (Å²) < 4.78 is 29.7. The zero-order valence-electron chi connectivity index (χ0n) is 9.57. The molecule has 0 N–H and O–H groups in total. The van der Waals surface area contributed by atoms with Gasteiger partial charge in [-0.25, -0.2) is 12.7 Å². The van der Waals surface area contributed by atoms with Crippen LogP contribution in [0.1, 0.15) is 19.8 Å². The molecule has 0 heterocycles. The molecular weight excluding hydrogens is 282 g/mol. The van der Waals surface area contributed by atoms with Gasteiger partial charge < -0.3 is 4.74 Å². The van der Waals surface area contributed by atoms with Gasteiger partial charge in [-0.1, -0.05) is 29.3 Å². The van der Waals surface area contributed by atoms with Crippen molar-refractivity contribution in [1.82, 2.24) is 4.31 Å². The van der Waals surface area contributed by atoms with Crippen LogP contribution in [0.5, 0.6) is 0 Å². The highest BCUT2D eigenvalue weighted by molar-refractivity contribution is 9.09. The maximum Gasteiger partial charge on any atom is 0.213 e. The Bertz CT molecular complexity index is 256. The van der Waals surface area contributed by atoms with Gasteiger partial charge in [0.05, 0.1) is 17.2 Å². The van der Waals surface area contributed by atoms with E-state index in [1.165, 1.54) is 4.31 Å². The average molecular weight is 302 g/mol. The number of ether oxygens (including phenoxy) is 1. The van der Waals surface area contributed by atoms with Crippen molar-refractivity contribution in [1.29, 1.82) is 0 Å². The predicted molar refractivity (Wildman–Crippen MR) is 65.9 cm³/mol. The summed E-state index contributed by atoms with van der Waals surface area (Å²) in [4.78, 5) is 0.0453. The van der Waals surface area contributed by atoms with Crippen molar-refractivity contribution in [3.8, 4) is 0 Å². The van der Waals surface area contributed by atoms with Gasteiger partial charge in [-0.05, 0) is 6.42 Å². The van der Waals surface area contributed by atoms with Crippen molar-refractivity contribution in [3.05, 3.63) is 0 Å². The van der Waals surface area contributed by atoms with Crippen molar-refractivity contribution in [2.45, 2.75) is 24.6 Å². The van der Waals surface area contributed by atoms with Gasteiger partial charge in [0.25, 0.3) is 0 Å². The van der Waals surface area contributed by atoms with Crippen LogP contribution in [-0.4, -0.2) is 50.6 Å². The first-order chi connectivity index (χ1) is 6.94. The first kappa shape index (κ1) is 15.3. The Balaban J connectivity index is 4.12. The van der Waals surface area contributed by atoms with E-state index in [-0.39, 0.29) is 10.6 Å². The Labute approximate surface area is 101 Å². The van der Waals surface area contributed by atoms with Crippen molar-refractivity contribution < 1.29 is 13.2 Å². The van der Waals surface area contributed by atoms with E-state index >= 15 is 0 Å². The molecule has 0 aromatic carbocycles. The van der Waals surface area contributed by atoms with E-state index in [1.807, 2.05) is 6.92 Å². The lowest BCUT2D eigenvalue weighted by Crippen LogP contribution is -2.35. The lowest BCUT2D eigenvalue weighted by molar-refractivity contribution is 0.195. The number of halogens is 1. The molecule has 1 atom stereocenters. The molecule has 0 aliphatic heterocycles. The van der Waals surface area contributed by atoms with E-state index in [0.717, 1.165) is 6.42 Å². The highest BCUT2D eigenvalue weighted by Gasteiger charge is 2.19. The number of alkyl halides is 1. The summed E-state index contributed by atoms with van der Waals surface area (Å²) in [6.45, 7) is 2.93. The summed E-state index contributed by atoms with van der Waals surface area (Å²) >= 11 is 3.37. The maximum atomic E-state index is 11.7. The molecule has 0 aliphatic rings. The summed E-state index contributed by atoms with van der Waals surface area (Å²) in [6.07, 6.45) is 1.60. The molecule has 0 aromatic heterocycles. The quantitative estimate of drug-likeness (QED) is 0.638. The fourth-order valence-electron chi connectivity index (χ4n) is 1.11. The number of methoxy groups -OCH3 is 1. The smallest absolute Gasteiger partial charge is 0.213 e. The SMILES string of the molecule is CCCCS(=O)(=O)N(C)CC(Br)COC. The second-order valence-corrected chi connectivity index (χ2v) is 6.99. The number of nitrogens with zero attached hydrogens (tertiary/aromatic N) is 1. The summed E-state index contributed by atoms with van der Waals surface area (Å²) in [5.41, 5.74) is 0. The van der Waals surface area contributed by atoms with Gasteiger partial charge in [-0.15, -0.1) is 0 Å². The van der Waals surface area contributed by atoms with Crippen LogP contribution in [0.2, 0.25) is 0 Å². The Morgan fingerprint density at radius 3 is 2.53 bits per heavy atom. The van der Waals surface area contributed by atoms with Gasteiger partial charge in [0.1, 0.15) is 0 Å². The van der Waals surface area contributed by atoms with Crippen LogP contribution >= 0.6 is 15.9 Å². The highest BCUT2D eigenvalue weighted by Crippen LogP contribution is 2.08. The number of hydrogen-bond donors (Lipinski definition) is 0. The van der Waals surface area contributed by atoms with Gasteiger partial charge in [-0.3, -0.25) is 0 Å². The Morgan fingerprint density at radius 2 is 2.07 bits per heavy atom.